The molecule has 20 heavy (non-hydrogen) atoms. The second kappa shape index (κ2) is 7.30. The largest absolute Gasteiger partial charge is 0.444 e. The minimum atomic E-state index is -0.453. The molecule has 118 valence electrons. The topological polar surface area (TPSA) is 49.8 Å². The zero-order valence-corrected chi connectivity index (χ0v) is 13.7. The third-order valence-corrected chi connectivity index (χ3v) is 3.70. The molecule has 4 nitrogen and oxygen atoms in total. The van der Waals surface area contributed by atoms with Gasteiger partial charge in [0.05, 0.1) is 6.10 Å². The van der Waals surface area contributed by atoms with E-state index >= 15 is 0 Å². The fraction of sp³-hybridized carbons (Fsp3) is 0.938. The van der Waals surface area contributed by atoms with Crippen molar-refractivity contribution in [2.24, 2.45) is 11.8 Å². The maximum absolute atomic E-state index is 12.0. The molecule has 0 saturated carbocycles. The SMILES string of the molecule is CC(C)CCCC(O)C1CCN(C(=O)OC(C)(C)C)C1. The van der Waals surface area contributed by atoms with E-state index in [0.717, 1.165) is 25.7 Å². The van der Waals surface area contributed by atoms with Crippen LogP contribution in [0, 0.1) is 11.8 Å². The van der Waals surface area contributed by atoms with Gasteiger partial charge in [-0.3, -0.25) is 0 Å². The average Bonchev–Trinajstić information content (AvgIpc) is 2.75. The van der Waals surface area contributed by atoms with Gasteiger partial charge in [-0.05, 0) is 39.5 Å². The van der Waals surface area contributed by atoms with E-state index in [4.69, 9.17) is 4.74 Å². The van der Waals surface area contributed by atoms with Crippen molar-refractivity contribution in [2.45, 2.75) is 72.0 Å². The molecular formula is C16H31NO3. The van der Waals surface area contributed by atoms with Gasteiger partial charge >= 0.3 is 6.09 Å². The molecule has 0 aliphatic carbocycles. The van der Waals surface area contributed by atoms with E-state index in [9.17, 15) is 9.90 Å². The molecule has 0 aromatic rings. The molecule has 0 radical (unpaired) electrons. The summed E-state index contributed by atoms with van der Waals surface area (Å²) in [5.74, 6) is 0.888. The fourth-order valence-corrected chi connectivity index (χ4v) is 2.56. The molecule has 0 spiro atoms. The Balaban J connectivity index is 2.33. The Hall–Kier alpha value is -0.770. The summed E-state index contributed by atoms with van der Waals surface area (Å²) in [6, 6.07) is 0. The quantitative estimate of drug-likeness (QED) is 0.842. The van der Waals surface area contributed by atoms with Crippen LogP contribution in [0.15, 0.2) is 0 Å². The van der Waals surface area contributed by atoms with Crippen LogP contribution in [0.25, 0.3) is 0 Å². The van der Waals surface area contributed by atoms with Crippen molar-refractivity contribution in [3.05, 3.63) is 0 Å². The molecule has 1 rings (SSSR count). The van der Waals surface area contributed by atoms with Crippen molar-refractivity contribution >= 4 is 6.09 Å². The summed E-state index contributed by atoms with van der Waals surface area (Å²) in [7, 11) is 0. The highest BCUT2D eigenvalue weighted by Crippen LogP contribution is 2.25. The Bertz CT molecular complexity index is 309. The summed E-state index contributed by atoms with van der Waals surface area (Å²) in [4.78, 5) is 13.7. The lowest BCUT2D eigenvalue weighted by Gasteiger charge is -2.25. The Kier molecular flexibility index (Phi) is 6.31. The van der Waals surface area contributed by atoms with E-state index < -0.39 is 5.60 Å². The van der Waals surface area contributed by atoms with Crippen LogP contribution in [0.1, 0.15) is 60.3 Å². The number of aliphatic hydroxyl groups excluding tert-OH is 1. The van der Waals surface area contributed by atoms with E-state index in [0.29, 0.717) is 19.0 Å². The van der Waals surface area contributed by atoms with Crippen LogP contribution in [0.2, 0.25) is 0 Å². The number of rotatable bonds is 5. The van der Waals surface area contributed by atoms with Gasteiger partial charge < -0.3 is 14.7 Å². The highest BCUT2D eigenvalue weighted by atomic mass is 16.6. The van der Waals surface area contributed by atoms with Gasteiger partial charge in [0.1, 0.15) is 5.60 Å². The summed E-state index contributed by atoms with van der Waals surface area (Å²) >= 11 is 0. The van der Waals surface area contributed by atoms with Gasteiger partial charge in [0.15, 0.2) is 0 Å². The van der Waals surface area contributed by atoms with Crippen molar-refractivity contribution < 1.29 is 14.6 Å². The number of aliphatic hydroxyl groups is 1. The van der Waals surface area contributed by atoms with E-state index in [1.807, 2.05) is 20.8 Å². The molecule has 0 bridgehead atoms. The second-order valence-electron chi connectivity index (χ2n) is 7.37. The van der Waals surface area contributed by atoms with Crippen LogP contribution >= 0.6 is 0 Å². The standard InChI is InChI=1S/C16H31NO3/c1-12(2)7-6-8-14(18)13-9-10-17(11-13)15(19)20-16(3,4)5/h12-14,18H,6-11H2,1-5H3. The number of hydrogen-bond donors (Lipinski definition) is 1. The number of hydrogen-bond acceptors (Lipinski definition) is 3. The highest BCUT2D eigenvalue weighted by molar-refractivity contribution is 5.68. The Morgan fingerprint density at radius 2 is 2.00 bits per heavy atom. The zero-order valence-electron chi connectivity index (χ0n) is 13.7. The Morgan fingerprint density at radius 3 is 2.55 bits per heavy atom. The molecule has 1 fully saturated rings. The van der Waals surface area contributed by atoms with E-state index in [-0.39, 0.29) is 18.1 Å². The molecule has 2 unspecified atom stereocenters. The summed E-state index contributed by atoms with van der Waals surface area (Å²) < 4.78 is 5.37. The van der Waals surface area contributed by atoms with Crippen molar-refractivity contribution in [1.29, 1.82) is 0 Å². The first-order valence-electron chi connectivity index (χ1n) is 7.85. The predicted molar refractivity (Wildman–Crippen MR) is 80.6 cm³/mol. The summed E-state index contributed by atoms with van der Waals surface area (Å²) in [6.07, 6.45) is 3.38. The average molecular weight is 285 g/mol. The van der Waals surface area contributed by atoms with Crippen LogP contribution < -0.4 is 0 Å². The monoisotopic (exact) mass is 285 g/mol. The summed E-state index contributed by atoms with van der Waals surface area (Å²) in [5.41, 5.74) is -0.453. The minimum absolute atomic E-state index is 0.203. The number of nitrogens with zero attached hydrogens (tertiary/aromatic N) is 1. The van der Waals surface area contributed by atoms with Crippen molar-refractivity contribution in [1.82, 2.24) is 4.90 Å². The first-order valence-corrected chi connectivity index (χ1v) is 7.85. The minimum Gasteiger partial charge on any atom is -0.444 e. The number of ether oxygens (including phenoxy) is 1. The van der Waals surface area contributed by atoms with Gasteiger partial charge in [0, 0.05) is 19.0 Å². The van der Waals surface area contributed by atoms with Crippen LogP contribution in [0.3, 0.4) is 0 Å². The van der Waals surface area contributed by atoms with Gasteiger partial charge in [0.25, 0.3) is 0 Å². The molecular weight excluding hydrogens is 254 g/mol. The van der Waals surface area contributed by atoms with Crippen LogP contribution in [0.5, 0.6) is 0 Å². The number of amides is 1. The number of carbonyl (C=O) groups excluding carboxylic acids is 1. The number of carbonyl (C=O) groups is 1. The normalized spacial score (nSPS) is 21.4. The van der Waals surface area contributed by atoms with E-state index in [1.54, 1.807) is 4.90 Å². The van der Waals surface area contributed by atoms with Crippen LogP contribution in [-0.4, -0.2) is 40.9 Å². The van der Waals surface area contributed by atoms with Crippen molar-refractivity contribution in [3.63, 3.8) is 0 Å². The molecule has 1 aliphatic rings. The van der Waals surface area contributed by atoms with Gasteiger partial charge in [-0.15, -0.1) is 0 Å². The molecule has 1 aliphatic heterocycles. The smallest absolute Gasteiger partial charge is 0.410 e. The van der Waals surface area contributed by atoms with Gasteiger partial charge in [-0.1, -0.05) is 26.7 Å². The Morgan fingerprint density at radius 1 is 1.35 bits per heavy atom. The third kappa shape index (κ3) is 6.12. The lowest BCUT2D eigenvalue weighted by Crippen LogP contribution is -2.36. The first kappa shape index (κ1) is 17.3. The third-order valence-electron chi connectivity index (χ3n) is 3.70. The molecule has 1 amide bonds. The maximum Gasteiger partial charge on any atom is 0.410 e. The van der Waals surface area contributed by atoms with Crippen LogP contribution in [-0.2, 0) is 4.74 Å². The summed E-state index contributed by atoms with van der Waals surface area (Å²) in [6.45, 7) is 11.3. The van der Waals surface area contributed by atoms with Crippen LogP contribution in [0.4, 0.5) is 4.79 Å². The molecule has 4 heteroatoms. The molecule has 1 N–H and O–H groups in total. The maximum atomic E-state index is 12.0. The van der Waals surface area contributed by atoms with Gasteiger partial charge in [-0.25, -0.2) is 4.79 Å². The van der Waals surface area contributed by atoms with Crippen molar-refractivity contribution in [3.8, 4) is 0 Å². The fourth-order valence-electron chi connectivity index (χ4n) is 2.56. The molecule has 1 saturated heterocycles. The van der Waals surface area contributed by atoms with E-state index in [2.05, 4.69) is 13.8 Å². The summed E-state index contributed by atoms with van der Waals surface area (Å²) in [5, 5.41) is 10.2. The Labute approximate surface area is 123 Å². The molecule has 1 heterocycles. The first-order chi connectivity index (χ1) is 9.19. The zero-order chi connectivity index (χ0) is 15.3. The number of likely N-dealkylation sites (tertiary alicyclic amines) is 1. The van der Waals surface area contributed by atoms with E-state index in [1.165, 1.54) is 0 Å². The lowest BCUT2D eigenvalue weighted by atomic mass is 9.95. The lowest BCUT2D eigenvalue weighted by molar-refractivity contribution is 0.0265. The van der Waals surface area contributed by atoms with Gasteiger partial charge in [0.2, 0.25) is 0 Å². The predicted octanol–water partition coefficient (Wildman–Crippen LogP) is 3.43. The molecule has 0 aromatic heterocycles. The highest BCUT2D eigenvalue weighted by Gasteiger charge is 2.32. The molecule has 0 aromatic carbocycles. The van der Waals surface area contributed by atoms with Crippen molar-refractivity contribution in [2.75, 3.05) is 13.1 Å². The second-order valence-corrected chi connectivity index (χ2v) is 7.37. The molecule has 2 atom stereocenters. The van der Waals surface area contributed by atoms with Gasteiger partial charge in [-0.2, -0.15) is 0 Å².